The molecule has 1 aliphatic carbocycles. The molecule has 1 aromatic carbocycles. The summed E-state index contributed by atoms with van der Waals surface area (Å²) in [5, 5.41) is 8.59. The number of likely N-dealkylation sites (tertiary alicyclic amines) is 1. The maximum atomic E-state index is 13.0. The van der Waals surface area contributed by atoms with Crippen LogP contribution >= 0.6 is 23.2 Å². The Morgan fingerprint density at radius 3 is 2.56 bits per heavy atom. The van der Waals surface area contributed by atoms with Gasteiger partial charge in [-0.25, -0.2) is 9.79 Å². The average molecular weight is 578 g/mol. The summed E-state index contributed by atoms with van der Waals surface area (Å²) in [7, 11) is 1.93. The number of carbonyl (C=O) groups excluding carboxylic acids is 2. The summed E-state index contributed by atoms with van der Waals surface area (Å²) in [5.41, 5.74) is 13.9. The van der Waals surface area contributed by atoms with Gasteiger partial charge in [0.05, 0.1) is 15.7 Å². The van der Waals surface area contributed by atoms with E-state index in [0.29, 0.717) is 48.6 Å². The third kappa shape index (κ3) is 7.36. The second kappa shape index (κ2) is 12.9. The van der Waals surface area contributed by atoms with Crippen LogP contribution in [-0.4, -0.2) is 76.2 Å². The number of likely N-dealkylation sites (N-methyl/N-ethyl adjacent to an activating group) is 1. The molecule has 12 heteroatoms. The van der Waals surface area contributed by atoms with E-state index in [1.807, 2.05) is 40.6 Å². The van der Waals surface area contributed by atoms with Gasteiger partial charge < -0.3 is 26.6 Å². The van der Waals surface area contributed by atoms with E-state index in [4.69, 9.17) is 34.7 Å². The molecule has 1 aromatic heterocycles. The predicted octanol–water partition coefficient (Wildman–Crippen LogP) is 3.57. The molecule has 10 nitrogen and oxygen atoms in total. The third-order valence-corrected chi connectivity index (χ3v) is 8.32. The van der Waals surface area contributed by atoms with Crippen molar-refractivity contribution in [3.63, 3.8) is 0 Å². The highest BCUT2D eigenvalue weighted by Gasteiger charge is 2.30. The minimum absolute atomic E-state index is 0.0949. The minimum Gasteiger partial charge on any atom is -0.370 e. The van der Waals surface area contributed by atoms with Crippen molar-refractivity contribution in [1.82, 2.24) is 24.9 Å². The smallest absolute Gasteiger partial charge is 0.317 e. The molecule has 1 saturated carbocycles. The Hall–Kier alpha value is -2.98. The first-order valence-electron chi connectivity index (χ1n) is 13.6. The molecule has 2 aliphatic rings. The Morgan fingerprint density at radius 2 is 1.92 bits per heavy atom. The van der Waals surface area contributed by atoms with E-state index < -0.39 is 6.04 Å². The lowest BCUT2D eigenvalue weighted by Gasteiger charge is -2.32. The molecule has 0 unspecified atom stereocenters. The number of rotatable bonds is 10. The molecule has 2 fully saturated rings. The zero-order chi connectivity index (χ0) is 28.1. The van der Waals surface area contributed by atoms with Gasteiger partial charge in [0.2, 0.25) is 5.91 Å². The first kappa shape index (κ1) is 29.0. The maximum absolute atomic E-state index is 13.0. The summed E-state index contributed by atoms with van der Waals surface area (Å²) >= 11 is 12.6. The van der Waals surface area contributed by atoms with Crippen LogP contribution in [0.3, 0.4) is 0 Å². The Bertz CT molecular complexity index is 1200. The van der Waals surface area contributed by atoms with Gasteiger partial charge in [0.25, 0.3) is 0 Å². The fourth-order valence-corrected chi connectivity index (χ4v) is 5.52. The van der Waals surface area contributed by atoms with Crippen LogP contribution in [0.2, 0.25) is 10.0 Å². The van der Waals surface area contributed by atoms with Crippen molar-refractivity contribution >= 4 is 41.1 Å². The lowest BCUT2D eigenvalue weighted by atomic mass is 9.93. The number of carbonyl (C=O) groups is 2. The minimum atomic E-state index is -0.702. The van der Waals surface area contributed by atoms with Crippen molar-refractivity contribution in [3.8, 4) is 11.3 Å². The van der Waals surface area contributed by atoms with Gasteiger partial charge in [0.15, 0.2) is 5.96 Å². The summed E-state index contributed by atoms with van der Waals surface area (Å²) < 4.78 is 1.89. The first-order chi connectivity index (χ1) is 18.7. The van der Waals surface area contributed by atoms with Crippen molar-refractivity contribution in [3.05, 3.63) is 40.0 Å². The molecule has 3 amide bonds. The van der Waals surface area contributed by atoms with E-state index in [1.165, 1.54) is 0 Å². The number of urea groups is 1. The Labute approximate surface area is 239 Å². The van der Waals surface area contributed by atoms with Gasteiger partial charge in [-0.05, 0) is 57.1 Å². The number of halogens is 2. The van der Waals surface area contributed by atoms with Gasteiger partial charge >= 0.3 is 6.03 Å². The number of nitrogens with two attached hydrogens (primary N) is 2. The number of hydrogen-bond donors (Lipinski definition) is 3. The van der Waals surface area contributed by atoms with Crippen molar-refractivity contribution < 1.29 is 9.59 Å². The van der Waals surface area contributed by atoms with Crippen LogP contribution in [0.4, 0.5) is 4.79 Å². The van der Waals surface area contributed by atoms with Gasteiger partial charge in [0.1, 0.15) is 6.04 Å². The van der Waals surface area contributed by atoms with Crippen LogP contribution in [0.1, 0.15) is 50.6 Å². The molecular weight excluding hydrogens is 539 g/mol. The van der Waals surface area contributed by atoms with E-state index in [-0.39, 0.29) is 23.8 Å². The first-order valence-corrected chi connectivity index (χ1v) is 14.3. The summed E-state index contributed by atoms with van der Waals surface area (Å²) in [6.07, 6.45) is 4.28. The molecule has 2 heterocycles. The Balaban J connectivity index is 1.29. The van der Waals surface area contributed by atoms with Gasteiger partial charge in [0, 0.05) is 56.9 Å². The molecule has 5 N–H and O–H groups in total. The van der Waals surface area contributed by atoms with E-state index in [1.54, 1.807) is 6.07 Å². The van der Waals surface area contributed by atoms with Gasteiger partial charge in [-0.2, -0.15) is 5.10 Å². The van der Waals surface area contributed by atoms with Crippen molar-refractivity contribution in [1.29, 1.82) is 0 Å². The number of nitrogens with zero attached hydrogens (tertiary/aromatic N) is 5. The van der Waals surface area contributed by atoms with Crippen LogP contribution in [0, 0.1) is 5.92 Å². The number of aliphatic imine (C=N–C) groups is 1. The number of piperidine rings is 1. The summed E-state index contributed by atoms with van der Waals surface area (Å²) in [6, 6.07) is 6.73. The van der Waals surface area contributed by atoms with Gasteiger partial charge in [-0.15, -0.1) is 0 Å². The number of nitrogens with one attached hydrogen (secondary N) is 1. The number of guanidine groups is 1. The lowest BCUT2D eigenvalue weighted by molar-refractivity contribution is -0.132. The standard InChI is InChI=1S/C27H38Cl2N8O2/c1-3-36(16-17-7-8-17)25(38)21(33-26(30)31)9-12-32-27(39)37-13-10-18(11-14-37)23-15-22(34-35(23)2)19-5-4-6-20(28)24(19)29/h4-6,15,17-18,21H,3,7-14,16H2,1-2H3,(H,32,39)(H4,30,31,33)/t21-/m0/s1. The fraction of sp³-hybridized carbons (Fsp3) is 0.556. The highest BCUT2D eigenvalue weighted by Crippen LogP contribution is 2.36. The molecular formula is C27H38Cl2N8O2. The molecule has 0 radical (unpaired) electrons. The van der Waals surface area contributed by atoms with E-state index in [0.717, 1.165) is 49.2 Å². The average Bonchev–Trinajstić information content (AvgIpc) is 3.66. The zero-order valence-electron chi connectivity index (χ0n) is 22.6. The van der Waals surface area contributed by atoms with Gasteiger partial charge in [-0.3, -0.25) is 9.48 Å². The molecule has 2 aromatic rings. The monoisotopic (exact) mass is 576 g/mol. The molecule has 0 bridgehead atoms. The molecule has 4 rings (SSSR count). The zero-order valence-corrected chi connectivity index (χ0v) is 24.1. The van der Waals surface area contributed by atoms with Gasteiger partial charge in [-0.1, -0.05) is 35.3 Å². The molecule has 212 valence electrons. The lowest BCUT2D eigenvalue weighted by Crippen LogP contribution is -2.46. The largest absolute Gasteiger partial charge is 0.370 e. The summed E-state index contributed by atoms with van der Waals surface area (Å²) in [4.78, 5) is 33.7. The van der Waals surface area contributed by atoms with Crippen molar-refractivity contribution in [2.45, 2.75) is 51.0 Å². The SMILES string of the molecule is CCN(CC1CC1)C(=O)[C@H](CCNC(=O)N1CCC(c2cc(-c3cccc(Cl)c3Cl)nn2C)CC1)N=C(N)N. The second-order valence-electron chi connectivity index (χ2n) is 10.4. The third-order valence-electron chi connectivity index (χ3n) is 7.50. The number of hydrogen-bond acceptors (Lipinski definition) is 4. The normalized spacial score (nSPS) is 16.6. The summed E-state index contributed by atoms with van der Waals surface area (Å²) in [6.45, 7) is 4.84. The molecule has 1 aliphatic heterocycles. The van der Waals surface area contributed by atoms with Crippen molar-refractivity contribution in [2.75, 3.05) is 32.7 Å². The topological polar surface area (TPSA) is 135 Å². The number of aryl methyl sites for hydroxylation is 1. The van der Waals surface area contributed by atoms with Crippen LogP contribution in [-0.2, 0) is 11.8 Å². The van der Waals surface area contributed by atoms with Crippen LogP contribution < -0.4 is 16.8 Å². The Kier molecular flexibility index (Phi) is 9.61. The van der Waals surface area contributed by atoms with Crippen LogP contribution in [0.25, 0.3) is 11.3 Å². The van der Waals surface area contributed by atoms with Crippen LogP contribution in [0.15, 0.2) is 29.3 Å². The predicted molar refractivity (Wildman–Crippen MR) is 155 cm³/mol. The van der Waals surface area contributed by atoms with E-state index >= 15 is 0 Å². The van der Waals surface area contributed by atoms with E-state index in [9.17, 15) is 9.59 Å². The van der Waals surface area contributed by atoms with Crippen molar-refractivity contribution in [2.24, 2.45) is 29.4 Å². The quantitative estimate of drug-likeness (QED) is 0.293. The summed E-state index contributed by atoms with van der Waals surface area (Å²) in [5.74, 6) is 0.625. The van der Waals surface area contributed by atoms with Crippen LogP contribution in [0.5, 0.6) is 0 Å². The van der Waals surface area contributed by atoms with E-state index in [2.05, 4.69) is 21.5 Å². The molecule has 1 atom stereocenters. The Morgan fingerprint density at radius 1 is 1.21 bits per heavy atom. The highest BCUT2D eigenvalue weighted by atomic mass is 35.5. The molecule has 0 spiro atoms. The maximum Gasteiger partial charge on any atom is 0.317 e. The number of amides is 3. The molecule has 1 saturated heterocycles. The highest BCUT2D eigenvalue weighted by molar-refractivity contribution is 6.43. The number of aromatic nitrogens is 2. The molecule has 39 heavy (non-hydrogen) atoms. The fourth-order valence-electron chi connectivity index (χ4n) is 5.12. The second-order valence-corrected chi connectivity index (χ2v) is 11.1. The number of benzene rings is 1.